The van der Waals surface area contributed by atoms with Crippen molar-refractivity contribution in [2.45, 2.75) is 90.3 Å². The molecule has 5 N–H and O–H groups in total. The maximum atomic E-state index is 13.1. The Bertz CT molecular complexity index is 875. The van der Waals surface area contributed by atoms with Gasteiger partial charge in [0.2, 0.25) is 5.91 Å². The number of primary amides is 1. The van der Waals surface area contributed by atoms with E-state index in [2.05, 4.69) is 22.5 Å². The second kappa shape index (κ2) is 16.4. The molecule has 214 valence electrons. The predicted molar refractivity (Wildman–Crippen MR) is 137 cm³/mol. The molecule has 0 aromatic carbocycles. The van der Waals surface area contributed by atoms with Gasteiger partial charge in [0.25, 0.3) is 11.8 Å². The predicted octanol–water partition coefficient (Wildman–Crippen LogP) is 0.819. The van der Waals surface area contributed by atoms with Gasteiger partial charge >= 0.3 is 12.0 Å². The average molecular weight is 540 g/mol. The summed E-state index contributed by atoms with van der Waals surface area (Å²) in [6.07, 6.45) is 1.66. The lowest BCUT2D eigenvalue weighted by Crippen LogP contribution is -2.55. The number of ketones is 1. The number of nitrogens with zero attached hydrogens (tertiary/aromatic N) is 1. The van der Waals surface area contributed by atoms with Gasteiger partial charge in [0.05, 0.1) is 12.1 Å². The second-order valence-corrected chi connectivity index (χ2v) is 9.47. The topological polar surface area (TPSA) is 186 Å². The third-order valence-corrected chi connectivity index (χ3v) is 5.99. The molecule has 0 saturated carbocycles. The number of carbonyl (C=O) groups excluding carboxylic acids is 6. The zero-order valence-electron chi connectivity index (χ0n) is 22.7. The Morgan fingerprint density at radius 1 is 1.00 bits per heavy atom. The standard InChI is InChI=1S/C25H41N5O8/c1-15(2)23(34)18(10-8-14-27-25(26)36)29-24(35)22(17(4)37-5)28-16(3)9-6-7-11-21(33)38-30-19(31)12-13-20(30)32/h15,17-18,22,28H,3,6-14H2,1-2,4-5H3,(H,29,35)(H3,26,27,36)/t17?,18-,22-/m0/s1. The van der Waals surface area contributed by atoms with Crippen LogP contribution in [0.3, 0.4) is 0 Å². The molecule has 1 unspecified atom stereocenters. The number of hydrogen-bond acceptors (Lipinski definition) is 9. The Hall–Kier alpha value is -3.48. The third kappa shape index (κ3) is 11.3. The Morgan fingerprint density at radius 2 is 1.61 bits per heavy atom. The Balaban J connectivity index is 2.60. The van der Waals surface area contributed by atoms with Crippen molar-refractivity contribution in [3.8, 4) is 0 Å². The van der Waals surface area contributed by atoms with E-state index in [1.54, 1.807) is 20.8 Å². The molecule has 0 bridgehead atoms. The van der Waals surface area contributed by atoms with E-state index in [9.17, 15) is 28.8 Å². The van der Waals surface area contributed by atoms with Gasteiger partial charge in [-0.05, 0) is 39.0 Å². The van der Waals surface area contributed by atoms with Gasteiger partial charge in [0.15, 0.2) is 5.78 Å². The Morgan fingerprint density at radius 3 is 2.16 bits per heavy atom. The summed E-state index contributed by atoms with van der Waals surface area (Å²) in [6.45, 7) is 9.43. The van der Waals surface area contributed by atoms with Gasteiger partial charge in [-0.25, -0.2) is 9.59 Å². The Labute approximate surface area is 223 Å². The minimum atomic E-state index is -0.837. The summed E-state index contributed by atoms with van der Waals surface area (Å²) >= 11 is 0. The van der Waals surface area contributed by atoms with Crippen LogP contribution >= 0.6 is 0 Å². The number of carbonyl (C=O) groups is 6. The van der Waals surface area contributed by atoms with Crippen LogP contribution in [0.2, 0.25) is 0 Å². The molecular formula is C25H41N5O8. The number of rotatable bonds is 18. The fraction of sp³-hybridized carbons (Fsp3) is 0.680. The van der Waals surface area contributed by atoms with Gasteiger partial charge in [-0.1, -0.05) is 20.4 Å². The van der Waals surface area contributed by atoms with Crippen LogP contribution in [0, 0.1) is 5.92 Å². The summed E-state index contributed by atoms with van der Waals surface area (Å²) in [7, 11) is 1.46. The van der Waals surface area contributed by atoms with Gasteiger partial charge in [-0.3, -0.25) is 19.2 Å². The van der Waals surface area contributed by atoms with Crippen molar-refractivity contribution in [1.82, 2.24) is 21.0 Å². The largest absolute Gasteiger partial charge is 0.379 e. The summed E-state index contributed by atoms with van der Waals surface area (Å²) in [5.74, 6) is -2.62. The minimum Gasteiger partial charge on any atom is -0.379 e. The van der Waals surface area contributed by atoms with Crippen LogP contribution in [-0.2, 0) is 33.5 Å². The normalized spacial score (nSPS) is 15.6. The lowest BCUT2D eigenvalue weighted by atomic mass is 9.97. The molecule has 0 aromatic heterocycles. The van der Waals surface area contributed by atoms with Crippen LogP contribution in [0.1, 0.15) is 72.1 Å². The number of hydrogen-bond donors (Lipinski definition) is 4. The second-order valence-electron chi connectivity index (χ2n) is 9.47. The van der Waals surface area contributed by atoms with E-state index >= 15 is 0 Å². The summed E-state index contributed by atoms with van der Waals surface area (Å²) in [4.78, 5) is 76.5. The number of imide groups is 1. The molecule has 5 amide bonds. The summed E-state index contributed by atoms with van der Waals surface area (Å²) in [5.41, 5.74) is 5.60. The SMILES string of the molecule is C=C(CCCCC(=O)ON1C(=O)CCC1=O)N[C@H](C(=O)N[C@@H](CCCNC(N)=O)C(=O)C(C)C)C(C)OC. The zero-order valence-corrected chi connectivity index (χ0v) is 22.7. The van der Waals surface area contributed by atoms with E-state index in [1.807, 2.05) is 0 Å². The quantitative estimate of drug-likeness (QED) is 0.144. The number of ether oxygens (including phenoxy) is 1. The summed E-state index contributed by atoms with van der Waals surface area (Å²) < 4.78 is 5.35. The van der Waals surface area contributed by atoms with Crippen LogP contribution in [0.4, 0.5) is 4.79 Å². The first-order valence-corrected chi connectivity index (χ1v) is 12.8. The van der Waals surface area contributed by atoms with Gasteiger partial charge in [0, 0.05) is 44.5 Å². The molecule has 38 heavy (non-hydrogen) atoms. The molecule has 0 aromatic rings. The highest BCUT2D eigenvalue weighted by Crippen LogP contribution is 2.15. The summed E-state index contributed by atoms with van der Waals surface area (Å²) in [6, 6.07) is -2.25. The first-order chi connectivity index (χ1) is 17.9. The molecule has 1 fully saturated rings. The number of urea groups is 1. The number of nitrogens with two attached hydrogens (primary N) is 1. The highest BCUT2D eigenvalue weighted by Gasteiger charge is 2.33. The van der Waals surface area contributed by atoms with Crippen LogP contribution in [-0.4, -0.2) is 72.4 Å². The van der Waals surface area contributed by atoms with Gasteiger partial charge in [-0.2, -0.15) is 0 Å². The first-order valence-electron chi connectivity index (χ1n) is 12.8. The summed E-state index contributed by atoms with van der Waals surface area (Å²) in [5, 5.41) is 8.82. The minimum absolute atomic E-state index is 0.00628. The van der Waals surface area contributed by atoms with Crippen molar-refractivity contribution in [2.75, 3.05) is 13.7 Å². The van der Waals surface area contributed by atoms with Crippen LogP contribution in [0.5, 0.6) is 0 Å². The molecule has 1 saturated heterocycles. The molecule has 13 heteroatoms. The highest BCUT2D eigenvalue weighted by atomic mass is 16.7. The molecule has 0 spiro atoms. The van der Waals surface area contributed by atoms with Crippen molar-refractivity contribution in [3.05, 3.63) is 12.3 Å². The molecule has 0 radical (unpaired) electrons. The van der Waals surface area contributed by atoms with Gasteiger partial charge < -0.3 is 31.3 Å². The highest BCUT2D eigenvalue weighted by molar-refractivity contribution is 6.01. The molecule has 1 heterocycles. The average Bonchev–Trinajstić information content (AvgIpc) is 3.17. The molecule has 1 aliphatic heterocycles. The number of amides is 5. The zero-order chi connectivity index (χ0) is 28.8. The van der Waals surface area contributed by atoms with Crippen molar-refractivity contribution in [3.63, 3.8) is 0 Å². The lowest BCUT2D eigenvalue weighted by molar-refractivity contribution is -0.197. The molecule has 0 aliphatic carbocycles. The van der Waals surface area contributed by atoms with E-state index in [4.69, 9.17) is 15.3 Å². The molecule has 3 atom stereocenters. The lowest BCUT2D eigenvalue weighted by Gasteiger charge is -2.28. The van der Waals surface area contributed by atoms with Crippen molar-refractivity contribution in [1.29, 1.82) is 0 Å². The fourth-order valence-electron chi connectivity index (χ4n) is 3.70. The first kappa shape index (κ1) is 32.5. The van der Waals surface area contributed by atoms with Crippen LogP contribution in [0.25, 0.3) is 0 Å². The van der Waals surface area contributed by atoms with Crippen LogP contribution in [0.15, 0.2) is 12.3 Å². The van der Waals surface area contributed by atoms with Gasteiger partial charge in [-0.15, -0.1) is 5.06 Å². The Kier molecular flexibility index (Phi) is 14.0. The smallest absolute Gasteiger partial charge is 0.333 e. The van der Waals surface area contributed by atoms with Gasteiger partial charge in [0.1, 0.15) is 6.04 Å². The molecular weight excluding hydrogens is 498 g/mol. The molecule has 1 rings (SSSR count). The molecule has 1 aliphatic rings. The van der Waals surface area contributed by atoms with Crippen molar-refractivity contribution < 1.29 is 38.3 Å². The number of hydroxylamine groups is 2. The number of Topliss-reactive ketones (excluding diaryl/α,β-unsaturated/α-hetero) is 1. The number of nitrogens with one attached hydrogen (secondary N) is 3. The number of unbranched alkanes of at least 4 members (excludes halogenated alkanes) is 1. The fourth-order valence-corrected chi connectivity index (χ4v) is 3.70. The third-order valence-electron chi connectivity index (χ3n) is 5.99. The van der Waals surface area contributed by atoms with Crippen molar-refractivity contribution >= 4 is 35.5 Å². The number of methoxy groups -OCH3 is 1. The monoisotopic (exact) mass is 539 g/mol. The van der Waals surface area contributed by atoms with Crippen molar-refractivity contribution in [2.24, 2.45) is 11.7 Å². The maximum Gasteiger partial charge on any atom is 0.333 e. The van der Waals surface area contributed by atoms with E-state index in [0.29, 0.717) is 42.9 Å². The number of allylic oxidation sites excluding steroid dienone is 1. The van der Waals surface area contributed by atoms with E-state index in [-0.39, 0.29) is 37.5 Å². The maximum absolute atomic E-state index is 13.1. The van der Waals surface area contributed by atoms with E-state index in [1.165, 1.54) is 7.11 Å². The van der Waals surface area contributed by atoms with E-state index < -0.39 is 47.9 Å². The van der Waals surface area contributed by atoms with Crippen LogP contribution < -0.4 is 21.7 Å². The molecule has 13 nitrogen and oxygen atoms in total. The van der Waals surface area contributed by atoms with E-state index in [0.717, 1.165) is 0 Å².